The van der Waals surface area contributed by atoms with Gasteiger partial charge in [-0.1, -0.05) is 17.7 Å². The standard InChI is InChI=1S/C11H15ClO2S/c1-2-14-7-10(13)8-15-11-5-3-4-9(12)6-11/h3-6,10,13H,2,7-8H2,1H3. The number of rotatable bonds is 6. The van der Waals surface area contributed by atoms with Crippen molar-refractivity contribution in [2.24, 2.45) is 0 Å². The minimum atomic E-state index is -0.422. The molecule has 1 N–H and O–H groups in total. The first kappa shape index (κ1) is 12.8. The molecular weight excluding hydrogens is 232 g/mol. The average molecular weight is 247 g/mol. The largest absolute Gasteiger partial charge is 0.390 e. The van der Waals surface area contributed by atoms with Gasteiger partial charge < -0.3 is 9.84 Å². The lowest BCUT2D eigenvalue weighted by Crippen LogP contribution is -2.17. The fourth-order valence-corrected chi connectivity index (χ4v) is 2.17. The van der Waals surface area contributed by atoms with Gasteiger partial charge in [0.15, 0.2) is 0 Å². The van der Waals surface area contributed by atoms with Crippen LogP contribution in [-0.4, -0.2) is 30.2 Å². The summed E-state index contributed by atoms with van der Waals surface area (Å²) in [5.41, 5.74) is 0. The van der Waals surface area contributed by atoms with Gasteiger partial charge in [-0.05, 0) is 25.1 Å². The molecule has 84 valence electrons. The fraction of sp³-hybridized carbons (Fsp3) is 0.455. The van der Waals surface area contributed by atoms with E-state index in [-0.39, 0.29) is 0 Å². The minimum Gasteiger partial charge on any atom is -0.390 e. The number of halogens is 1. The molecule has 1 aromatic rings. The SMILES string of the molecule is CCOCC(O)CSc1cccc(Cl)c1. The zero-order chi connectivity index (χ0) is 11.1. The smallest absolute Gasteiger partial charge is 0.0867 e. The monoisotopic (exact) mass is 246 g/mol. The maximum absolute atomic E-state index is 9.53. The number of aliphatic hydroxyl groups excluding tert-OH is 1. The number of aliphatic hydroxyl groups is 1. The number of hydrogen-bond donors (Lipinski definition) is 1. The first-order chi connectivity index (χ1) is 7.22. The van der Waals surface area contributed by atoms with Crippen molar-refractivity contribution in [1.82, 2.24) is 0 Å². The van der Waals surface area contributed by atoms with Gasteiger partial charge in [-0.15, -0.1) is 11.8 Å². The van der Waals surface area contributed by atoms with Crippen LogP contribution in [0.5, 0.6) is 0 Å². The molecule has 2 nitrogen and oxygen atoms in total. The predicted octanol–water partition coefficient (Wildman–Crippen LogP) is 2.83. The second-order valence-electron chi connectivity index (χ2n) is 3.08. The molecule has 0 aliphatic carbocycles. The van der Waals surface area contributed by atoms with Crippen LogP contribution < -0.4 is 0 Å². The van der Waals surface area contributed by atoms with Gasteiger partial charge >= 0.3 is 0 Å². The zero-order valence-corrected chi connectivity index (χ0v) is 10.2. The fourth-order valence-electron chi connectivity index (χ4n) is 1.05. The molecule has 0 spiro atoms. The number of ether oxygens (including phenoxy) is 1. The summed E-state index contributed by atoms with van der Waals surface area (Å²) in [6.07, 6.45) is -0.422. The molecule has 4 heteroatoms. The number of benzene rings is 1. The summed E-state index contributed by atoms with van der Waals surface area (Å²) < 4.78 is 5.12. The predicted molar refractivity (Wildman–Crippen MR) is 64.7 cm³/mol. The highest BCUT2D eigenvalue weighted by Crippen LogP contribution is 2.22. The Morgan fingerprint density at radius 2 is 2.33 bits per heavy atom. The van der Waals surface area contributed by atoms with E-state index in [9.17, 15) is 5.11 Å². The van der Waals surface area contributed by atoms with Crippen LogP contribution in [0.4, 0.5) is 0 Å². The van der Waals surface area contributed by atoms with Crippen molar-refractivity contribution in [2.75, 3.05) is 19.0 Å². The van der Waals surface area contributed by atoms with Gasteiger partial charge in [0.25, 0.3) is 0 Å². The Balaban J connectivity index is 2.30. The van der Waals surface area contributed by atoms with Gasteiger partial charge in [0.2, 0.25) is 0 Å². The highest BCUT2D eigenvalue weighted by molar-refractivity contribution is 7.99. The molecule has 1 unspecified atom stereocenters. The second-order valence-corrected chi connectivity index (χ2v) is 4.61. The molecule has 0 bridgehead atoms. The lowest BCUT2D eigenvalue weighted by Gasteiger charge is -2.09. The van der Waals surface area contributed by atoms with Crippen molar-refractivity contribution >= 4 is 23.4 Å². The van der Waals surface area contributed by atoms with Crippen molar-refractivity contribution in [3.05, 3.63) is 29.3 Å². The Kier molecular flexibility index (Phi) is 6.10. The molecule has 0 heterocycles. The Morgan fingerprint density at radius 1 is 1.53 bits per heavy atom. The topological polar surface area (TPSA) is 29.5 Å². The molecule has 0 aliphatic rings. The quantitative estimate of drug-likeness (QED) is 0.783. The van der Waals surface area contributed by atoms with E-state index in [1.54, 1.807) is 11.8 Å². The van der Waals surface area contributed by atoms with E-state index in [2.05, 4.69) is 0 Å². The van der Waals surface area contributed by atoms with Gasteiger partial charge in [-0.2, -0.15) is 0 Å². The van der Waals surface area contributed by atoms with Crippen molar-refractivity contribution in [3.63, 3.8) is 0 Å². The molecule has 0 saturated carbocycles. The minimum absolute atomic E-state index is 0.393. The Labute approximate surface area is 99.6 Å². The first-order valence-electron chi connectivity index (χ1n) is 4.86. The van der Waals surface area contributed by atoms with E-state index in [1.807, 2.05) is 31.2 Å². The maximum Gasteiger partial charge on any atom is 0.0867 e. The van der Waals surface area contributed by atoms with Gasteiger partial charge in [-0.3, -0.25) is 0 Å². The van der Waals surface area contributed by atoms with E-state index < -0.39 is 6.10 Å². The summed E-state index contributed by atoms with van der Waals surface area (Å²) in [7, 11) is 0. The van der Waals surface area contributed by atoms with Crippen molar-refractivity contribution in [2.45, 2.75) is 17.9 Å². The normalized spacial score (nSPS) is 12.7. The molecule has 1 atom stereocenters. The lowest BCUT2D eigenvalue weighted by atomic mass is 10.4. The number of thioether (sulfide) groups is 1. The zero-order valence-electron chi connectivity index (χ0n) is 8.65. The Bertz CT molecular complexity index is 294. The van der Waals surface area contributed by atoms with Crippen LogP contribution in [0.15, 0.2) is 29.2 Å². The van der Waals surface area contributed by atoms with Crippen LogP contribution in [0.2, 0.25) is 5.02 Å². The molecule has 15 heavy (non-hydrogen) atoms. The molecule has 0 saturated heterocycles. The number of hydrogen-bond acceptors (Lipinski definition) is 3. The van der Waals surface area contributed by atoms with Crippen LogP contribution in [0.3, 0.4) is 0 Å². The van der Waals surface area contributed by atoms with E-state index >= 15 is 0 Å². The Hall–Kier alpha value is -0.220. The van der Waals surface area contributed by atoms with Crippen LogP contribution in [0, 0.1) is 0 Å². The third kappa shape index (κ3) is 5.42. The van der Waals surface area contributed by atoms with Crippen LogP contribution in [0.1, 0.15) is 6.92 Å². The molecule has 1 aromatic carbocycles. The third-order valence-corrected chi connectivity index (χ3v) is 3.13. The summed E-state index contributed by atoms with van der Waals surface area (Å²) >= 11 is 7.42. The molecule has 0 radical (unpaired) electrons. The van der Waals surface area contributed by atoms with Crippen molar-refractivity contribution < 1.29 is 9.84 Å². The highest BCUT2D eigenvalue weighted by atomic mass is 35.5. The molecule has 1 rings (SSSR count). The van der Waals surface area contributed by atoms with Crippen LogP contribution in [0.25, 0.3) is 0 Å². The van der Waals surface area contributed by atoms with Crippen molar-refractivity contribution in [3.8, 4) is 0 Å². The van der Waals surface area contributed by atoms with E-state index in [0.29, 0.717) is 19.0 Å². The van der Waals surface area contributed by atoms with Crippen LogP contribution in [-0.2, 0) is 4.74 Å². The molecule has 0 aromatic heterocycles. The van der Waals surface area contributed by atoms with Gasteiger partial charge in [0, 0.05) is 22.3 Å². The van der Waals surface area contributed by atoms with Crippen molar-refractivity contribution in [1.29, 1.82) is 0 Å². The average Bonchev–Trinajstić information content (AvgIpc) is 2.23. The molecule has 0 fully saturated rings. The third-order valence-electron chi connectivity index (χ3n) is 1.75. The van der Waals surface area contributed by atoms with Crippen LogP contribution >= 0.6 is 23.4 Å². The lowest BCUT2D eigenvalue weighted by molar-refractivity contribution is 0.0551. The van der Waals surface area contributed by atoms with E-state index in [0.717, 1.165) is 9.92 Å². The molecular formula is C11H15ClO2S. The first-order valence-corrected chi connectivity index (χ1v) is 6.23. The molecule has 0 amide bonds. The molecule has 0 aliphatic heterocycles. The van der Waals surface area contributed by atoms with E-state index in [1.165, 1.54) is 0 Å². The van der Waals surface area contributed by atoms with Gasteiger partial charge in [0.05, 0.1) is 12.7 Å². The van der Waals surface area contributed by atoms with E-state index in [4.69, 9.17) is 16.3 Å². The summed E-state index contributed by atoms with van der Waals surface area (Å²) in [5, 5.41) is 10.3. The summed E-state index contributed by atoms with van der Waals surface area (Å²) in [4.78, 5) is 1.07. The van der Waals surface area contributed by atoms with Gasteiger partial charge in [-0.25, -0.2) is 0 Å². The summed E-state index contributed by atoms with van der Waals surface area (Å²) in [6.45, 7) is 2.94. The van der Waals surface area contributed by atoms with Gasteiger partial charge in [0.1, 0.15) is 0 Å². The second kappa shape index (κ2) is 7.12. The maximum atomic E-state index is 9.53. The Morgan fingerprint density at radius 3 is 3.00 bits per heavy atom. The highest BCUT2D eigenvalue weighted by Gasteiger charge is 2.04. The summed E-state index contributed by atoms with van der Waals surface area (Å²) in [6, 6.07) is 7.60. The summed E-state index contributed by atoms with van der Waals surface area (Å²) in [5.74, 6) is 0.625.